The van der Waals surface area contributed by atoms with Crippen LogP contribution in [0.25, 0.3) is 0 Å². The Morgan fingerprint density at radius 1 is 0.893 bits per heavy atom. The molecular formula is C22H25F2N3O. The Labute approximate surface area is 164 Å². The highest BCUT2D eigenvalue weighted by Crippen LogP contribution is 2.30. The lowest BCUT2D eigenvalue weighted by Gasteiger charge is -2.40. The van der Waals surface area contributed by atoms with Crippen LogP contribution in [0.1, 0.15) is 30.0 Å². The number of benzene rings is 2. The van der Waals surface area contributed by atoms with E-state index in [4.69, 9.17) is 0 Å². The third-order valence-electron chi connectivity index (χ3n) is 5.72. The maximum absolute atomic E-state index is 13.4. The predicted molar refractivity (Wildman–Crippen MR) is 104 cm³/mol. The van der Waals surface area contributed by atoms with Crippen LogP contribution in [0.15, 0.2) is 48.5 Å². The van der Waals surface area contributed by atoms with E-state index in [9.17, 15) is 13.6 Å². The highest BCUT2D eigenvalue weighted by molar-refractivity contribution is 5.82. The minimum atomic E-state index is -0.277. The third-order valence-corrected chi connectivity index (χ3v) is 5.72. The van der Waals surface area contributed by atoms with E-state index in [1.165, 1.54) is 24.3 Å². The van der Waals surface area contributed by atoms with Gasteiger partial charge in [0.25, 0.3) is 0 Å². The molecule has 1 N–H and O–H groups in total. The number of piperazine rings is 1. The molecule has 0 aliphatic carbocycles. The zero-order valence-corrected chi connectivity index (χ0v) is 15.8. The van der Waals surface area contributed by atoms with Crippen molar-refractivity contribution in [2.24, 2.45) is 0 Å². The molecule has 6 heteroatoms. The number of rotatable bonds is 4. The summed E-state index contributed by atoms with van der Waals surface area (Å²) in [4.78, 5) is 16.9. The molecular weight excluding hydrogens is 360 g/mol. The fourth-order valence-electron chi connectivity index (χ4n) is 4.22. The fraction of sp³-hybridized carbons (Fsp3) is 0.409. The summed E-state index contributed by atoms with van der Waals surface area (Å²) in [5, 5.41) is 3.27. The highest BCUT2D eigenvalue weighted by Gasteiger charge is 2.32. The average Bonchev–Trinajstić information content (AvgIpc) is 3.26. The Morgan fingerprint density at radius 2 is 1.43 bits per heavy atom. The predicted octanol–water partition coefficient (Wildman–Crippen LogP) is 2.95. The Kier molecular flexibility index (Phi) is 5.69. The largest absolute Gasteiger partial charge is 0.339 e. The molecule has 2 aromatic carbocycles. The highest BCUT2D eigenvalue weighted by atomic mass is 19.1. The summed E-state index contributed by atoms with van der Waals surface area (Å²) in [6.45, 7) is 3.68. The standard InChI is InChI=1S/C22H25F2N3O/c23-18-7-3-16(4-8-18)21(17-5-9-19(24)10-6-17)26-12-14-27(15-13-26)22(28)20-2-1-11-25-20/h3-10,20-21,25H,1-2,11-15H2. The fourth-order valence-corrected chi connectivity index (χ4v) is 4.22. The molecule has 1 amide bonds. The Morgan fingerprint density at radius 3 is 1.89 bits per heavy atom. The number of nitrogens with one attached hydrogen (secondary N) is 1. The van der Waals surface area contributed by atoms with E-state index in [1.54, 1.807) is 24.3 Å². The molecule has 0 radical (unpaired) electrons. The van der Waals surface area contributed by atoms with Crippen LogP contribution < -0.4 is 5.32 Å². The molecule has 1 unspecified atom stereocenters. The van der Waals surface area contributed by atoms with Gasteiger partial charge in [0.2, 0.25) is 5.91 Å². The van der Waals surface area contributed by atoms with Crippen molar-refractivity contribution < 1.29 is 13.6 Å². The zero-order valence-electron chi connectivity index (χ0n) is 15.8. The van der Waals surface area contributed by atoms with Crippen LogP contribution >= 0.6 is 0 Å². The number of hydrogen-bond donors (Lipinski definition) is 1. The van der Waals surface area contributed by atoms with Gasteiger partial charge in [-0.15, -0.1) is 0 Å². The van der Waals surface area contributed by atoms with Crippen molar-refractivity contribution in [3.05, 3.63) is 71.3 Å². The second-order valence-corrected chi connectivity index (χ2v) is 7.52. The molecule has 0 spiro atoms. The van der Waals surface area contributed by atoms with E-state index in [1.807, 2.05) is 4.90 Å². The number of halogens is 2. The van der Waals surface area contributed by atoms with Crippen LogP contribution in [0.2, 0.25) is 0 Å². The Bertz CT molecular complexity index is 750. The number of nitrogens with zero attached hydrogens (tertiary/aromatic N) is 2. The quantitative estimate of drug-likeness (QED) is 0.879. The number of carbonyl (C=O) groups excluding carboxylic acids is 1. The molecule has 0 saturated carbocycles. The summed E-state index contributed by atoms with van der Waals surface area (Å²) in [5.41, 5.74) is 1.93. The van der Waals surface area contributed by atoms with Crippen molar-refractivity contribution in [1.82, 2.24) is 15.1 Å². The van der Waals surface area contributed by atoms with Crippen LogP contribution in [-0.4, -0.2) is 54.5 Å². The second kappa shape index (κ2) is 8.37. The summed E-state index contributed by atoms with van der Waals surface area (Å²) in [6, 6.07) is 12.8. The van der Waals surface area contributed by atoms with Gasteiger partial charge < -0.3 is 10.2 Å². The van der Waals surface area contributed by atoms with Crippen LogP contribution in [0.5, 0.6) is 0 Å². The molecule has 0 aromatic heterocycles. The Balaban J connectivity index is 1.51. The molecule has 1 atom stereocenters. The molecule has 0 bridgehead atoms. The summed E-state index contributed by atoms with van der Waals surface area (Å²) in [6.07, 6.45) is 1.96. The van der Waals surface area contributed by atoms with Crippen molar-refractivity contribution in [1.29, 1.82) is 0 Å². The summed E-state index contributed by atoms with van der Waals surface area (Å²) < 4.78 is 26.8. The third kappa shape index (κ3) is 4.08. The van der Waals surface area contributed by atoms with Gasteiger partial charge >= 0.3 is 0 Å². The Hall–Kier alpha value is -2.31. The first-order valence-electron chi connectivity index (χ1n) is 9.89. The molecule has 4 nitrogen and oxygen atoms in total. The van der Waals surface area contributed by atoms with E-state index < -0.39 is 0 Å². The summed E-state index contributed by atoms with van der Waals surface area (Å²) in [5.74, 6) is -0.362. The monoisotopic (exact) mass is 385 g/mol. The van der Waals surface area contributed by atoms with Crippen LogP contribution in [-0.2, 0) is 4.79 Å². The minimum absolute atomic E-state index is 0.0449. The molecule has 2 fully saturated rings. The van der Waals surface area contributed by atoms with E-state index in [0.717, 1.165) is 43.6 Å². The lowest BCUT2D eigenvalue weighted by Crippen LogP contribution is -2.53. The molecule has 2 aliphatic rings. The first-order chi connectivity index (χ1) is 13.6. The normalized spacial score (nSPS) is 20.7. The van der Waals surface area contributed by atoms with Crippen molar-refractivity contribution >= 4 is 5.91 Å². The summed E-state index contributed by atoms with van der Waals surface area (Å²) in [7, 11) is 0. The van der Waals surface area contributed by atoms with Gasteiger partial charge in [0.15, 0.2) is 0 Å². The first-order valence-corrected chi connectivity index (χ1v) is 9.89. The second-order valence-electron chi connectivity index (χ2n) is 7.52. The molecule has 148 valence electrons. The first kappa shape index (κ1) is 19.0. The molecule has 2 saturated heterocycles. The van der Waals surface area contributed by atoms with Gasteiger partial charge in [0.05, 0.1) is 12.1 Å². The van der Waals surface area contributed by atoms with Crippen molar-refractivity contribution in [3.8, 4) is 0 Å². The average molecular weight is 385 g/mol. The zero-order chi connectivity index (χ0) is 19.5. The summed E-state index contributed by atoms with van der Waals surface area (Å²) >= 11 is 0. The van der Waals surface area contributed by atoms with Gasteiger partial charge in [0.1, 0.15) is 11.6 Å². The van der Waals surface area contributed by atoms with Gasteiger partial charge in [-0.05, 0) is 54.8 Å². The van der Waals surface area contributed by atoms with Gasteiger partial charge in [-0.2, -0.15) is 0 Å². The maximum Gasteiger partial charge on any atom is 0.239 e. The molecule has 2 aliphatic heterocycles. The van der Waals surface area contributed by atoms with Crippen LogP contribution in [0.3, 0.4) is 0 Å². The van der Waals surface area contributed by atoms with E-state index in [-0.39, 0.29) is 29.6 Å². The van der Waals surface area contributed by atoms with Gasteiger partial charge in [0, 0.05) is 26.2 Å². The van der Waals surface area contributed by atoms with E-state index >= 15 is 0 Å². The number of hydrogen-bond acceptors (Lipinski definition) is 3. The lowest BCUT2D eigenvalue weighted by atomic mass is 9.96. The maximum atomic E-state index is 13.4. The lowest BCUT2D eigenvalue weighted by molar-refractivity contribution is -0.135. The van der Waals surface area contributed by atoms with E-state index in [0.29, 0.717) is 13.1 Å². The minimum Gasteiger partial charge on any atom is -0.339 e. The molecule has 2 aromatic rings. The SMILES string of the molecule is O=C(C1CCCN1)N1CCN(C(c2ccc(F)cc2)c2ccc(F)cc2)CC1. The molecule has 4 rings (SSSR count). The smallest absolute Gasteiger partial charge is 0.239 e. The van der Waals surface area contributed by atoms with Crippen LogP contribution in [0.4, 0.5) is 8.78 Å². The number of carbonyl (C=O) groups is 1. The van der Waals surface area contributed by atoms with Gasteiger partial charge in [-0.1, -0.05) is 24.3 Å². The van der Waals surface area contributed by atoms with Gasteiger partial charge in [-0.25, -0.2) is 8.78 Å². The number of amides is 1. The molecule has 2 heterocycles. The van der Waals surface area contributed by atoms with Gasteiger partial charge in [-0.3, -0.25) is 9.69 Å². The van der Waals surface area contributed by atoms with E-state index in [2.05, 4.69) is 10.2 Å². The van der Waals surface area contributed by atoms with Crippen LogP contribution in [0, 0.1) is 11.6 Å². The molecule has 28 heavy (non-hydrogen) atoms. The van der Waals surface area contributed by atoms with Crippen molar-refractivity contribution in [3.63, 3.8) is 0 Å². The van der Waals surface area contributed by atoms with Crippen molar-refractivity contribution in [2.75, 3.05) is 32.7 Å². The topological polar surface area (TPSA) is 35.6 Å². The van der Waals surface area contributed by atoms with Crippen molar-refractivity contribution in [2.45, 2.75) is 24.9 Å².